The molecule has 2 heteroatoms. The van der Waals surface area contributed by atoms with Gasteiger partial charge in [0.1, 0.15) is 0 Å². The van der Waals surface area contributed by atoms with Gasteiger partial charge in [-0.25, -0.2) is 0 Å². The Balaban J connectivity index is 2.08. The first-order valence-electron chi connectivity index (χ1n) is 9.02. The second-order valence-electron chi connectivity index (χ2n) is 6.27. The Morgan fingerprint density at radius 2 is 1.32 bits per heavy atom. The van der Waals surface area contributed by atoms with E-state index in [0.29, 0.717) is 0 Å². The Morgan fingerprint density at radius 1 is 0.818 bits per heavy atom. The zero-order chi connectivity index (χ0) is 16.0. The zero-order valence-corrected chi connectivity index (χ0v) is 14.2. The number of hydrogen-bond acceptors (Lipinski definition) is 1. The van der Waals surface area contributed by atoms with Crippen molar-refractivity contribution < 1.29 is 9.90 Å². The summed E-state index contributed by atoms with van der Waals surface area (Å²) in [4.78, 5) is 10.9. The lowest BCUT2D eigenvalue weighted by Gasteiger charge is -2.07. The molecule has 0 unspecified atom stereocenters. The highest BCUT2D eigenvalue weighted by Crippen LogP contribution is 2.15. The van der Waals surface area contributed by atoms with Gasteiger partial charge in [-0.1, -0.05) is 89.0 Å². The van der Waals surface area contributed by atoms with Crippen molar-refractivity contribution in [3.63, 3.8) is 0 Å². The van der Waals surface area contributed by atoms with Crippen LogP contribution in [-0.4, -0.2) is 11.1 Å². The maximum atomic E-state index is 10.9. The van der Waals surface area contributed by atoms with Crippen LogP contribution in [0.5, 0.6) is 0 Å². The predicted molar refractivity (Wildman–Crippen MR) is 93.3 cm³/mol. The minimum Gasteiger partial charge on any atom is -0.481 e. The fraction of sp³-hybridized carbons (Fsp3) is 0.650. The van der Waals surface area contributed by atoms with Gasteiger partial charge in [-0.15, -0.1) is 0 Å². The third-order valence-electron chi connectivity index (χ3n) is 4.26. The van der Waals surface area contributed by atoms with E-state index in [-0.39, 0.29) is 6.42 Å². The molecule has 1 aromatic carbocycles. The molecule has 0 atom stereocenters. The Labute approximate surface area is 135 Å². The quantitative estimate of drug-likeness (QED) is 0.469. The molecule has 0 saturated heterocycles. The van der Waals surface area contributed by atoms with Crippen LogP contribution in [0.3, 0.4) is 0 Å². The molecule has 0 fully saturated rings. The average molecular weight is 304 g/mol. The zero-order valence-electron chi connectivity index (χ0n) is 14.2. The fourth-order valence-corrected chi connectivity index (χ4v) is 2.94. The van der Waals surface area contributed by atoms with Crippen LogP contribution in [0.4, 0.5) is 0 Å². The normalized spacial score (nSPS) is 10.8. The number of carboxylic acids is 1. The maximum Gasteiger partial charge on any atom is 0.307 e. The van der Waals surface area contributed by atoms with Gasteiger partial charge in [0.05, 0.1) is 6.42 Å². The first kappa shape index (κ1) is 18.7. The number of aliphatic carboxylic acids is 1. The molecule has 0 aromatic heterocycles. The van der Waals surface area contributed by atoms with Crippen LogP contribution in [0.1, 0.15) is 82.3 Å². The first-order valence-corrected chi connectivity index (χ1v) is 9.02. The SMILES string of the molecule is CCCCCCCCCCCCc1ccccc1CC(=O)O. The molecule has 1 aromatic rings. The number of hydrogen-bond donors (Lipinski definition) is 1. The van der Waals surface area contributed by atoms with Crippen molar-refractivity contribution >= 4 is 5.97 Å². The van der Waals surface area contributed by atoms with E-state index in [0.717, 1.165) is 12.0 Å². The molecule has 0 aliphatic rings. The van der Waals surface area contributed by atoms with Gasteiger partial charge < -0.3 is 5.11 Å². The Bertz CT molecular complexity index is 412. The van der Waals surface area contributed by atoms with Gasteiger partial charge in [0.25, 0.3) is 0 Å². The van der Waals surface area contributed by atoms with Crippen LogP contribution in [0.2, 0.25) is 0 Å². The number of unbranched alkanes of at least 4 members (excludes halogenated alkanes) is 9. The van der Waals surface area contributed by atoms with Gasteiger partial charge in [-0.05, 0) is 24.0 Å². The smallest absolute Gasteiger partial charge is 0.307 e. The van der Waals surface area contributed by atoms with Crippen molar-refractivity contribution in [3.05, 3.63) is 35.4 Å². The lowest BCUT2D eigenvalue weighted by Crippen LogP contribution is -2.03. The van der Waals surface area contributed by atoms with Crippen molar-refractivity contribution in [1.29, 1.82) is 0 Å². The van der Waals surface area contributed by atoms with Crippen molar-refractivity contribution in [1.82, 2.24) is 0 Å². The topological polar surface area (TPSA) is 37.3 Å². The minimum atomic E-state index is -0.740. The first-order chi connectivity index (χ1) is 10.7. The lowest BCUT2D eigenvalue weighted by molar-refractivity contribution is -0.136. The molecule has 2 nitrogen and oxygen atoms in total. The lowest BCUT2D eigenvalue weighted by atomic mass is 9.98. The van der Waals surface area contributed by atoms with Gasteiger partial charge in [0, 0.05) is 0 Å². The molecule has 0 bridgehead atoms. The number of benzene rings is 1. The summed E-state index contributed by atoms with van der Waals surface area (Å²) in [7, 11) is 0. The van der Waals surface area contributed by atoms with Crippen LogP contribution in [0, 0.1) is 0 Å². The largest absolute Gasteiger partial charge is 0.481 e. The van der Waals surface area contributed by atoms with Crippen LogP contribution >= 0.6 is 0 Å². The molecule has 0 heterocycles. The predicted octanol–water partition coefficient (Wildman–Crippen LogP) is 5.78. The van der Waals surface area contributed by atoms with Crippen LogP contribution in [-0.2, 0) is 17.6 Å². The molecule has 0 aliphatic carbocycles. The van der Waals surface area contributed by atoms with Gasteiger partial charge in [0.2, 0.25) is 0 Å². The summed E-state index contributed by atoms with van der Waals surface area (Å²) in [5.41, 5.74) is 2.19. The van der Waals surface area contributed by atoms with E-state index in [1.165, 1.54) is 69.8 Å². The minimum absolute atomic E-state index is 0.147. The molecule has 0 amide bonds. The van der Waals surface area contributed by atoms with Gasteiger partial charge >= 0.3 is 5.97 Å². The highest BCUT2D eigenvalue weighted by Gasteiger charge is 2.05. The van der Waals surface area contributed by atoms with E-state index in [1.807, 2.05) is 18.2 Å². The Morgan fingerprint density at radius 3 is 1.86 bits per heavy atom. The van der Waals surface area contributed by atoms with Crippen molar-refractivity contribution in [2.24, 2.45) is 0 Å². The highest BCUT2D eigenvalue weighted by molar-refractivity contribution is 5.70. The number of aryl methyl sites for hydroxylation is 1. The van der Waals surface area contributed by atoms with Crippen LogP contribution < -0.4 is 0 Å². The number of carboxylic acid groups (broad SMARTS) is 1. The molecule has 1 N–H and O–H groups in total. The fourth-order valence-electron chi connectivity index (χ4n) is 2.94. The van der Waals surface area contributed by atoms with Crippen molar-refractivity contribution in [3.8, 4) is 0 Å². The second kappa shape index (κ2) is 12.3. The molecule has 0 aliphatic heterocycles. The molecule has 22 heavy (non-hydrogen) atoms. The summed E-state index contributed by atoms with van der Waals surface area (Å²) in [5, 5.41) is 8.94. The molecule has 0 saturated carbocycles. The molecule has 0 radical (unpaired) electrons. The Hall–Kier alpha value is -1.31. The highest BCUT2D eigenvalue weighted by atomic mass is 16.4. The summed E-state index contributed by atoms with van der Waals surface area (Å²) in [6.45, 7) is 2.26. The summed E-state index contributed by atoms with van der Waals surface area (Å²) in [6, 6.07) is 7.96. The second-order valence-corrected chi connectivity index (χ2v) is 6.27. The average Bonchev–Trinajstić information content (AvgIpc) is 2.50. The van der Waals surface area contributed by atoms with Crippen LogP contribution in [0.15, 0.2) is 24.3 Å². The number of rotatable bonds is 13. The maximum absolute atomic E-state index is 10.9. The van der Waals surface area contributed by atoms with Gasteiger partial charge in [-0.2, -0.15) is 0 Å². The summed E-state index contributed by atoms with van der Waals surface area (Å²) in [6.07, 6.45) is 14.5. The molecular weight excluding hydrogens is 272 g/mol. The van der Waals surface area contributed by atoms with E-state index in [2.05, 4.69) is 13.0 Å². The van der Waals surface area contributed by atoms with Gasteiger partial charge in [-0.3, -0.25) is 4.79 Å². The molecule has 1 rings (SSSR count). The standard InChI is InChI=1S/C20H32O2/c1-2-3-4-5-6-7-8-9-10-11-14-18-15-12-13-16-19(18)17-20(21)22/h12-13,15-16H,2-11,14,17H2,1H3,(H,21,22). The van der Waals surface area contributed by atoms with E-state index >= 15 is 0 Å². The number of carbonyl (C=O) groups is 1. The summed E-state index contributed by atoms with van der Waals surface area (Å²) in [5.74, 6) is -0.740. The third kappa shape index (κ3) is 8.86. The van der Waals surface area contributed by atoms with Crippen LogP contribution in [0.25, 0.3) is 0 Å². The summed E-state index contributed by atoms with van der Waals surface area (Å²) < 4.78 is 0. The van der Waals surface area contributed by atoms with E-state index in [1.54, 1.807) is 0 Å². The van der Waals surface area contributed by atoms with E-state index in [9.17, 15) is 4.79 Å². The van der Waals surface area contributed by atoms with Crippen molar-refractivity contribution in [2.45, 2.75) is 84.0 Å². The summed E-state index contributed by atoms with van der Waals surface area (Å²) >= 11 is 0. The van der Waals surface area contributed by atoms with E-state index < -0.39 is 5.97 Å². The molecule has 0 spiro atoms. The molecular formula is C20H32O2. The third-order valence-corrected chi connectivity index (χ3v) is 4.26. The van der Waals surface area contributed by atoms with Gasteiger partial charge in [0.15, 0.2) is 0 Å². The monoisotopic (exact) mass is 304 g/mol. The molecule has 124 valence electrons. The Kier molecular flexibility index (Phi) is 10.4. The van der Waals surface area contributed by atoms with Crippen molar-refractivity contribution in [2.75, 3.05) is 0 Å². The van der Waals surface area contributed by atoms with E-state index in [4.69, 9.17) is 5.11 Å².